The summed E-state index contributed by atoms with van der Waals surface area (Å²) in [6.07, 6.45) is 4.18. The molecule has 2 bridgehead atoms. The molecule has 0 atom stereocenters. The fourth-order valence-corrected chi connectivity index (χ4v) is 5.23. The molecule has 8 heteroatoms. The van der Waals surface area contributed by atoms with Gasteiger partial charge in [-0.2, -0.15) is 0 Å². The predicted molar refractivity (Wildman–Crippen MR) is 153 cm³/mol. The van der Waals surface area contributed by atoms with E-state index in [0.29, 0.717) is 51.3 Å². The summed E-state index contributed by atoms with van der Waals surface area (Å²) in [5.41, 5.74) is 4.67. The van der Waals surface area contributed by atoms with Crippen molar-refractivity contribution in [3.8, 4) is 16.9 Å². The minimum absolute atomic E-state index is 0.00139. The molecular weight excluding hydrogens is 504 g/mol. The number of carbonyl (C=O) groups excluding carboxylic acids is 3. The highest BCUT2D eigenvalue weighted by molar-refractivity contribution is 5.94. The molecule has 40 heavy (non-hydrogen) atoms. The number of pyridine rings is 1. The second-order valence-corrected chi connectivity index (χ2v) is 10.9. The van der Waals surface area contributed by atoms with Crippen LogP contribution in [0, 0.1) is 11.8 Å². The summed E-state index contributed by atoms with van der Waals surface area (Å²) in [6.45, 7) is 6.14. The van der Waals surface area contributed by atoms with E-state index in [1.807, 2.05) is 68.6 Å². The van der Waals surface area contributed by atoms with Gasteiger partial charge in [-0.3, -0.25) is 19.4 Å². The number of benzene rings is 2. The van der Waals surface area contributed by atoms with Crippen LogP contribution in [-0.2, 0) is 16.0 Å². The molecule has 0 spiro atoms. The van der Waals surface area contributed by atoms with Gasteiger partial charge in [0, 0.05) is 69.1 Å². The molecule has 8 nitrogen and oxygen atoms in total. The Morgan fingerprint density at radius 2 is 1.73 bits per heavy atom. The van der Waals surface area contributed by atoms with Gasteiger partial charge >= 0.3 is 0 Å². The molecule has 2 aromatic carbocycles. The highest BCUT2D eigenvalue weighted by Crippen LogP contribution is 2.29. The predicted octanol–water partition coefficient (Wildman–Crippen LogP) is 3.75. The highest BCUT2D eigenvalue weighted by Gasteiger charge is 2.38. The van der Waals surface area contributed by atoms with Crippen LogP contribution < -0.4 is 4.74 Å². The normalized spacial score (nSPS) is 16.6. The lowest BCUT2D eigenvalue weighted by Gasteiger charge is -2.41. The quantitative estimate of drug-likeness (QED) is 0.506. The Morgan fingerprint density at radius 3 is 2.48 bits per heavy atom. The van der Waals surface area contributed by atoms with Crippen molar-refractivity contribution in [1.29, 1.82) is 0 Å². The molecule has 3 amide bonds. The van der Waals surface area contributed by atoms with Gasteiger partial charge < -0.3 is 19.4 Å². The highest BCUT2D eigenvalue weighted by atomic mass is 16.5. The molecule has 5 rings (SSSR count). The first-order valence-corrected chi connectivity index (χ1v) is 13.9. The van der Waals surface area contributed by atoms with Crippen LogP contribution in [-0.4, -0.2) is 83.8 Å². The summed E-state index contributed by atoms with van der Waals surface area (Å²) in [6, 6.07) is 17.7. The van der Waals surface area contributed by atoms with Crippen LogP contribution in [0.25, 0.3) is 11.1 Å². The Labute approximate surface area is 235 Å². The second kappa shape index (κ2) is 11.9. The van der Waals surface area contributed by atoms with Crippen molar-refractivity contribution in [3.05, 3.63) is 83.7 Å². The van der Waals surface area contributed by atoms with Gasteiger partial charge in [-0.15, -0.1) is 0 Å². The summed E-state index contributed by atoms with van der Waals surface area (Å²) < 4.78 is 6.29. The lowest BCUT2D eigenvalue weighted by atomic mass is 9.96. The maximum atomic E-state index is 13.5. The van der Waals surface area contributed by atoms with E-state index < -0.39 is 0 Å². The van der Waals surface area contributed by atoms with Crippen molar-refractivity contribution in [3.63, 3.8) is 0 Å². The second-order valence-electron chi connectivity index (χ2n) is 10.9. The van der Waals surface area contributed by atoms with E-state index in [1.165, 1.54) is 0 Å². The number of carbonyl (C=O) groups is 3. The van der Waals surface area contributed by atoms with Crippen LogP contribution in [0.2, 0.25) is 0 Å². The average molecular weight is 541 g/mol. The molecule has 3 aromatic rings. The van der Waals surface area contributed by atoms with Crippen LogP contribution >= 0.6 is 0 Å². The third kappa shape index (κ3) is 6.01. The summed E-state index contributed by atoms with van der Waals surface area (Å²) in [5, 5.41) is 0. The van der Waals surface area contributed by atoms with Crippen molar-refractivity contribution in [1.82, 2.24) is 19.7 Å². The maximum Gasteiger partial charge on any atom is 0.253 e. The molecular formula is C32H36N4O4. The van der Waals surface area contributed by atoms with Gasteiger partial charge in [0.1, 0.15) is 12.4 Å². The smallest absolute Gasteiger partial charge is 0.253 e. The Bertz CT molecular complexity index is 1380. The summed E-state index contributed by atoms with van der Waals surface area (Å²) >= 11 is 0. The molecule has 2 aliphatic heterocycles. The van der Waals surface area contributed by atoms with E-state index >= 15 is 0 Å². The summed E-state index contributed by atoms with van der Waals surface area (Å²) in [7, 11) is 1.77. The Hall–Kier alpha value is -4.20. The van der Waals surface area contributed by atoms with Crippen LogP contribution in [0.5, 0.6) is 5.75 Å². The van der Waals surface area contributed by atoms with Gasteiger partial charge in [0.15, 0.2) is 0 Å². The molecule has 0 radical (unpaired) electrons. The van der Waals surface area contributed by atoms with Crippen molar-refractivity contribution in [2.24, 2.45) is 11.8 Å². The number of ether oxygens (including phenoxy) is 1. The average Bonchev–Trinajstić information content (AvgIpc) is 2.94. The third-order valence-electron chi connectivity index (χ3n) is 7.64. The minimum Gasteiger partial charge on any atom is -0.491 e. The number of aromatic nitrogens is 1. The number of amides is 3. The van der Waals surface area contributed by atoms with E-state index in [2.05, 4.69) is 11.1 Å². The van der Waals surface area contributed by atoms with Crippen molar-refractivity contribution >= 4 is 17.7 Å². The molecule has 1 saturated heterocycles. The standard InChI is InChI=1S/C32H36N4O4/c1-22(2)30(37)36-20-28(21-36)32(39)35-13-12-34(3)31(38)25-7-4-6-23(16-25)17-27-18-24(26-8-5-11-33-19-26)9-10-29(27)40-15-14-35/h4-11,16,18-19,22,28H,12-15,17,20-21H2,1-3H3. The Kier molecular flexibility index (Phi) is 8.14. The molecule has 1 aromatic heterocycles. The number of nitrogens with zero attached hydrogens (tertiary/aromatic N) is 4. The molecule has 1 fully saturated rings. The number of likely N-dealkylation sites (tertiary alicyclic amines) is 1. The molecule has 3 heterocycles. The van der Waals surface area contributed by atoms with Gasteiger partial charge in [0.25, 0.3) is 5.91 Å². The zero-order chi connectivity index (χ0) is 28.2. The first-order chi connectivity index (χ1) is 19.3. The van der Waals surface area contributed by atoms with Gasteiger partial charge in [-0.1, -0.05) is 38.1 Å². The number of likely N-dealkylation sites (N-methyl/N-ethyl adjacent to an activating group) is 1. The Morgan fingerprint density at radius 1 is 0.925 bits per heavy atom. The van der Waals surface area contributed by atoms with Gasteiger partial charge in [0.05, 0.1) is 12.5 Å². The first-order valence-electron chi connectivity index (χ1n) is 13.9. The molecule has 0 aliphatic carbocycles. The van der Waals surface area contributed by atoms with Crippen LogP contribution in [0.4, 0.5) is 0 Å². The minimum atomic E-state index is -0.228. The third-order valence-corrected chi connectivity index (χ3v) is 7.64. The molecule has 2 aliphatic rings. The zero-order valence-corrected chi connectivity index (χ0v) is 23.4. The topological polar surface area (TPSA) is 83.0 Å². The fraction of sp³-hybridized carbons (Fsp3) is 0.375. The van der Waals surface area contributed by atoms with Crippen LogP contribution in [0.1, 0.15) is 35.3 Å². The lowest BCUT2D eigenvalue weighted by Crippen LogP contribution is -2.58. The number of rotatable bonds is 3. The summed E-state index contributed by atoms with van der Waals surface area (Å²) in [5.74, 6) is 0.430. The fourth-order valence-electron chi connectivity index (χ4n) is 5.23. The van der Waals surface area contributed by atoms with Gasteiger partial charge in [-0.05, 0) is 47.0 Å². The van der Waals surface area contributed by atoms with Gasteiger partial charge in [-0.25, -0.2) is 0 Å². The van der Waals surface area contributed by atoms with E-state index in [0.717, 1.165) is 28.0 Å². The molecule has 0 unspecified atom stereocenters. The largest absolute Gasteiger partial charge is 0.491 e. The van der Waals surface area contributed by atoms with E-state index in [1.54, 1.807) is 27.9 Å². The maximum absolute atomic E-state index is 13.5. The summed E-state index contributed by atoms with van der Waals surface area (Å²) in [4.78, 5) is 48.5. The van der Waals surface area contributed by atoms with Crippen molar-refractivity contribution < 1.29 is 19.1 Å². The van der Waals surface area contributed by atoms with Crippen LogP contribution in [0.15, 0.2) is 67.0 Å². The van der Waals surface area contributed by atoms with E-state index in [9.17, 15) is 14.4 Å². The Balaban J connectivity index is 1.40. The van der Waals surface area contributed by atoms with E-state index in [4.69, 9.17) is 4.74 Å². The SMILES string of the molecule is CC(C)C(=O)N1CC(C(=O)N2CCOc3ccc(-c4cccnc4)cc3Cc3cccc(c3)C(=O)N(C)CC2)C1. The molecule has 0 N–H and O–H groups in total. The number of hydrogen-bond donors (Lipinski definition) is 0. The first kappa shape index (κ1) is 27.4. The van der Waals surface area contributed by atoms with Crippen molar-refractivity contribution in [2.75, 3.05) is 46.4 Å². The monoisotopic (exact) mass is 540 g/mol. The molecule has 0 saturated carbocycles. The zero-order valence-electron chi connectivity index (χ0n) is 23.4. The van der Waals surface area contributed by atoms with Crippen molar-refractivity contribution in [2.45, 2.75) is 20.3 Å². The molecule has 208 valence electrons. The number of fused-ring (bicyclic) bond motifs is 3. The van der Waals surface area contributed by atoms with Crippen LogP contribution in [0.3, 0.4) is 0 Å². The number of hydrogen-bond acceptors (Lipinski definition) is 5. The lowest BCUT2D eigenvalue weighted by molar-refractivity contribution is -0.150. The van der Waals surface area contributed by atoms with Gasteiger partial charge in [0.2, 0.25) is 11.8 Å². The van der Waals surface area contributed by atoms with E-state index in [-0.39, 0.29) is 29.6 Å².